The van der Waals surface area contributed by atoms with Crippen LogP contribution in [0.5, 0.6) is 0 Å². The Kier molecular flexibility index (Phi) is 3.44. The van der Waals surface area contributed by atoms with Gasteiger partial charge in [-0.25, -0.2) is 5.10 Å². The molecule has 0 fully saturated rings. The first-order chi connectivity index (χ1) is 10.8. The first kappa shape index (κ1) is 15.2. The van der Waals surface area contributed by atoms with E-state index in [9.17, 15) is 18.0 Å². The van der Waals surface area contributed by atoms with E-state index in [1.807, 2.05) is 0 Å². The monoisotopic (exact) mass is 323 g/mol. The first-order valence-corrected chi connectivity index (χ1v) is 6.64. The van der Waals surface area contributed by atoms with Crippen molar-refractivity contribution in [1.29, 1.82) is 0 Å². The lowest BCUT2D eigenvalue weighted by molar-refractivity contribution is -0.140. The van der Waals surface area contributed by atoms with Crippen molar-refractivity contribution in [2.45, 2.75) is 12.7 Å². The van der Waals surface area contributed by atoms with Crippen molar-refractivity contribution < 1.29 is 13.2 Å². The predicted octanol–water partition coefficient (Wildman–Crippen LogP) is 1.80. The van der Waals surface area contributed by atoms with E-state index in [1.165, 1.54) is 31.4 Å². The molecular weight excluding hydrogens is 311 g/mol. The number of aryl methyl sites for hydroxylation is 1. The second-order valence-corrected chi connectivity index (χ2v) is 5.03. The Hall–Kier alpha value is -2.68. The molecule has 3 rings (SSSR count). The Balaban J connectivity index is 2.29. The summed E-state index contributed by atoms with van der Waals surface area (Å²) in [5, 5.41) is 10.4. The molecule has 3 aromatic rings. The zero-order valence-electron chi connectivity index (χ0n) is 12.0. The number of alkyl halides is 3. The third kappa shape index (κ3) is 2.59. The molecule has 2 aromatic heterocycles. The Morgan fingerprint density at radius 2 is 2.04 bits per heavy atom. The van der Waals surface area contributed by atoms with Gasteiger partial charge >= 0.3 is 6.18 Å². The van der Waals surface area contributed by atoms with Crippen molar-refractivity contribution in [2.75, 3.05) is 0 Å². The lowest BCUT2D eigenvalue weighted by Crippen LogP contribution is -2.13. The summed E-state index contributed by atoms with van der Waals surface area (Å²) in [5.74, 6) is 0. The molecule has 0 aliphatic heterocycles. The van der Waals surface area contributed by atoms with Crippen LogP contribution < -0.4 is 11.3 Å². The summed E-state index contributed by atoms with van der Waals surface area (Å²) in [6, 6.07) is 4.38. The van der Waals surface area contributed by atoms with E-state index in [0.717, 1.165) is 4.68 Å². The second kappa shape index (κ2) is 5.20. The SMILES string of the molecule is Cn1cc(-c2ccc3c(=O)[nH]nc(CN)c3c2)c(C(F)(F)F)n1. The minimum absolute atomic E-state index is 0.0515. The van der Waals surface area contributed by atoms with E-state index in [1.54, 1.807) is 0 Å². The minimum Gasteiger partial charge on any atom is -0.325 e. The summed E-state index contributed by atoms with van der Waals surface area (Å²) in [7, 11) is 1.41. The van der Waals surface area contributed by atoms with Crippen LogP contribution in [-0.2, 0) is 19.8 Å². The number of hydrogen-bond acceptors (Lipinski definition) is 4. The van der Waals surface area contributed by atoms with E-state index >= 15 is 0 Å². The van der Waals surface area contributed by atoms with Crippen molar-refractivity contribution in [1.82, 2.24) is 20.0 Å². The van der Waals surface area contributed by atoms with E-state index in [0.29, 0.717) is 22.0 Å². The average molecular weight is 323 g/mol. The second-order valence-electron chi connectivity index (χ2n) is 5.03. The molecule has 0 bridgehead atoms. The highest BCUT2D eigenvalue weighted by Gasteiger charge is 2.37. The standard InChI is InChI=1S/C14H12F3N5O/c1-22-6-10(12(21-22)14(15,16)17)7-2-3-8-9(4-7)11(5-18)19-20-13(8)23/h2-4,6H,5,18H2,1H3,(H,20,23). The first-order valence-electron chi connectivity index (χ1n) is 6.64. The zero-order valence-corrected chi connectivity index (χ0v) is 12.0. The molecule has 2 heterocycles. The molecule has 3 N–H and O–H groups in total. The van der Waals surface area contributed by atoms with E-state index in [4.69, 9.17) is 5.73 Å². The maximum atomic E-state index is 13.1. The fourth-order valence-electron chi connectivity index (χ4n) is 2.45. The molecule has 120 valence electrons. The summed E-state index contributed by atoms with van der Waals surface area (Å²) in [4.78, 5) is 11.8. The Morgan fingerprint density at radius 3 is 2.70 bits per heavy atom. The van der Waals surface area contributed by atoms with Gasteiger partial charge in [0.1, 0.15) is 0 Å². The zero-order chi connectivity index (χ0) is 16.8. The van der Waals surface area contributed by atoms with Crippen LogP contribution in [0.1, 0.15) is 11.4 Å². The van der Waals surface area contributed by atoms with Crippen molar-refractivity contribution >= 4 is 10.8 Å². The number of nitrogens with zero attached hydrogens (tertiary/aromatic N) is 3. The van der Waals surface area contributed by atoms with Gasteiger partial charge in [-0.05, 0) is 17.7 Å². The molecule has 1 aromatic carbocycles. The molecule has 0 spiro atoms. The molecule has 6 nitrogen and oxygen atoms in total. The number of aromatic amines is 1. The van der Waals surface area contributed by atoms with Gasteiger partial charge in [0.05, 0.1) is 11.1 Å². The molecule has 0 aliphatic carbocycles. The summed E-state index contributed by atoms with van der Waals surface area (Å²) in [5.41, 5.74) is 4.80. The molecule has 0 saturated carbocycles. The highest BCUT2D eigenvalue weighted by atomic mass is 19.4. The molecule has 0 unspecified atom stereocenters. The molecular formula is C14H12F3N5O. The number of nitrogens with one attached hydrogen (secondary N) is 1. The summed E-state index contributed by atoms with van der Waals surface area (Å²) < 4.78 is 40.4. The van der Waals surface area contributed by atoms with Crippen molar-refractivity contribution in [3.8, 4) is 11.1 Å². The van der Waals surface area contributed by atoms with Crippen LogP contribution in [0.3, 0.4) is 0 Å². The van der Waals surface area contributed by atoms with Gasteiger partial charge in [0.2, 0.25) is 0 Å². The molecule has 9 heteroatoms. The van der Waals surface area contributed by atoms with Crippen molar-refractivity contribution in [3.63, 3.8) is 0 Å². The number of benzene rings is 1. The van der Waals surface area contributed by atoms with Gasteiger partial charge in [-0.2, -0.15) is 23.4 Å². The number of hydrogen-bond donors (Lipinski definition) is 2. The quantitative estimate of drug-likeness (QED) is 0.752. The number of H-pyrrole nitrogens is 1. The normalized spacial score (nSPS) is 12.0. The van der Waals surface area contributed by atoms with Crippen LogP contribution in [0.4, 0.5) is 13.2 Å². The lowest BCUT2D eigenvalue weighted by Gasteiger charge is -2.08. The molecule has 0 aliphatic rings. The van der Waals surface area contributed by atoms with Gasteiger partial charge in [-0.1, -0.05) is 6.07 Å². The van der Waals surface area contributed by atoms with E-state index < -0.39 is 17.4 Å². The van der Waals surface area contributed by atoms with Gasteiger partial charge in [0.15, 0.2) is 5.69 Å². The van der Waals surface area contributed by atoms with Gasteiger partial charge < -0.3 is 5.73 Å². The van der Waals surface area contributed by atoms with Gasteiger partial charge in [0.25, 0.3) is 5.56 Å². The Bertz CT molecular complexity index is 942. The molecule has 0 saturated heterocycles. The van der Waals surface area contributed by atoms with Gasteiger partial charge in [-0.3, -0.25) is 9.48 Å². The Labute approximate surface area is 127 Å². The third-order valence-electron chi connectivity index (χ3n) is 3.47. The summed E-state index contributed by atoms with van der Waals surface area (Å²) in [6.07, 6.45) is -3.29. The van der Waals surface area contributed by atoms with Crippen LogP contribution in [-0.4, -0.2) is 20.0 Å². The number of halogens is 3. The highest BCUT2D eigenvalue weighted by Crippen LogP contribution is 2.36. The van der Waals surface area contributed by atoms with Crippen LogP contribution in [0.25, 0.3) is 21.9 Å². The number of rotatable bonds is 2. The third-order valence-corrected chi connectivity index (χ3v) is 3.47. The topological polar surface area (TPSA) is 89.6 Å². The van der Waals surface area contributed by atoms with Crippen molar-refractivity contribution in [3.05, 3.63) is 46.1 Å². The predicted molar refractivity (Wildman–Crippen MR) is 77.5 cm³/mol. The number of nitrogens with two attached hydrogens (primary N) is 1. The van der Waals surface area contributed by atoms with Gasteiger partial charge in [-0.15, -0.1) is 0 Å². The largest absolute Gasteiger partial charge is 0.435 e. The molecule has 0 radical (unpaired) electrons. The van der Waals surface area contributed by atoms with Crippen LogP contribution in [0.2, 0.25) is 0 Å². The summed E-state index contributed by atoms with van der Waals surface area (Å²) in [6.45, 7) is 0.0515. The maximum absolute atomic E-state index is 13.1. The van der Waals surface area contributed by atoms with Crippen LogP contribution in [0, 0.1) is 0 Å². The molecule has 0 amide bonds. The van der Waals surface area contributed by atoms with Crippen LogP contribution in [0.15, 0.2) is 29.2 Å². The highest BCUT2D eigenvalue weighted by molar-refractivity contribution is 5.88. The smallest absolute Gasteiger partial charge is 0.325 e. The maximum Gasteiger partial charge on any atom is 0.435 e. The van der Waals surface area contributed by atoms with Crippen molar-refractivity contribution in [2.24, 2.45) is 12.8 Å². The van der Waals surface area contributed by atoms with Crippen LogP contribution >= 0.6 is 0 Å². The Morgan fingerprint density at radius 1 is 1.30 bits per heavy atom. The van der Waals surface area contributed by atoms with E-state index in [2.05, 4.69) is 15.3 Å². The number of aromatic nitrogens is 4. The number of fused-ring (bicyclic) bond motifs is 1. The molecule has 23 heavy (non-hydrogen) atoms. The van der Waals surface area contributed by atoms with Gasteiger partial charge in [0, 0.05) is 30.7 Å². The lowest BCUT2D eigenvalue weighted by atomic mass is 10.0. The average Bonchev–Trinajstić information content (AvgIpc) is 2.90. The molecule has 0 atom stereocenters. The minimum atomic E-state index is -4.57. The fourth-order valence-corrected chi connectivity index (χ4v) is 2.45. The summed E-state index contributed by atoms with van der Waals surface area (Å²) >= 11 is 0. The fraction of sp³-hybridized carbons (Fsp3) is 0.214. The van der Waals surface area contributed by atoms with E-state index in [-0.39, 0.29) is 12.1 Å².